The molecule has 0 saturated heterocycles. The molecular weight excluding hydrogens is 618 g/mol. The predicted molar refractivity (Wildman–Crippen MR) is 169 cm³/mol. The molecule has 1 aromatic heterocycles. The van der Waals surface area contributed by atoms with Gasteiger partial charge < -0.3 is 14.8 Å². The van der Waals surface area contributed by atoms with Gasteiger partial charge in [0.15, 0.2) is 0 Å². The highest BCUT2D eigenvalue weighted by atomic mass is 35.5. The van der Waals surface area contributed by atoms with Gasteiger partial charge in [-0.1, -0.05) is 90.1 Å². The first kappa shape index (κ1) is 30.4. The molecule has 2 heterocycles. The topological polar surface area (TPSA) is 78.3 Å². The van der Waals surface area contributed by atoms with Crippen LogP contribution in [0.3, 0.4) is 0 Å². The van der Waals surface area contributed by atoms with Gasteiger partial charge in [0, 0.05) is 17.0 Å². The SMILES string of the molecule is CC1=C(C(=O)OCc2ccccc2)C(c2ccc(OCc3c(F)cccc3Cl)cc2)n2nc(SCc3ccccc3F)nc2N1. The van der Waals surface area contributed by atoms with E-state index in [1.807, 2.05) is 42.5 Å². The molecule has 0 bridgehead atoms. The molecule has 1 N–H and O–H groups in total. The molecule has 1 unspecified atom stereocenters. The highest BCUT2D eigenvalue weighted by molar-refractivity contribution is 7.98. The molecule has 1 atom stereocenters. The lowest BCUT2D eigenvalue weighted by molar-refractivity contribution is -0.140. The van der Waals surface area contributed by atoms with Gasteiger partial charge in [-0.05, 0) is 53.9 Å². The van der Waals surface area contributed by atoms with Crippen molar-refractivity contribution >= 4 is 35.3 Å². The number of rotatable bonds is 10. The van der Waals surface area contributed by atoms with Crippen molar-refractivity contribution in [1.82, 2.24) is 14.8 Å². The first-order chi connectivity index (χ1) is 21.9. The molecule has 228 valence electrons. The lowest BCUT2D eigenvalue weighted by Gasteiger charge is -2.28. The van der Waals surface area contributed by atoms with E-state index in [9.17, 15) is 13.6 Å². The van der Waals surface area contributed by atoms with Crippen LogP contribution in [0.4, 0.5) is 14.7 Å². The number of halogens is 3. The predicted octanol–water partition coefficient (Wildman–Crippen LogP) is 8.11. The maximum atomic E-state index is 14.2. The molecule has 1 aliphatic heterocycles. The Balaban J connectivity index is 1.28. The van der Waals surface area contributed by atoms with Crippen LogP contribution in [-0.4, -0.2) is 20.7 Å². The van der Waals surface area contributed by atoms with Gasteiger partial charge in [0.2, 0.25) is 11.1 Å². The molecule has 0 fully saturated rings. The largest absolute Gasteiger partial charge is 0.489 e. The van der Waals surface area contributed by atoms with Crippen LogP contribution in [-0.2, 0) is 28.5 Å². The number of hydrogen-bond acceptors (Lipinski definition) is 7. The highest BCUT2D eigenvalue weighted by Crippen LogP contribution is 2.38. The molecule has 7 nitrogen and oxygen atoms in total. The molecule has 6 rings (SSSR count). The summed E-state index contributed by atoms with van der Waals surface area (Å²) in [4.78, 5) is 18.2. The fourth-order valence-corrected chi connectivity index (χ4v) is 5.93. The van der Waals surface area contributed by atoms with Crippen LogP contribution in [0.15, 0.2) is 113 Å². The van der Waals surface area contributed by atoms with E-state index in [1.165, 1.54) is 30.0 Å². The zero-order valence-corrected chi connectivity index (χ0v) is 25.6. The number of nitrogens with one attached hydrogen (secondary N) is 1. The van der Waals surface area contributed by atoms with Crippen LogP contribution in [0, 0.1) is 11.6 Å². The number of anilines is 1. The van der Waals surface area contributed by atoms with E-state index in [1.54, 1.807) is 48.0 Å². The van der Waals surface area contributed by atoms with Crippen molar-refractivity contribution in [2.24, 2.45) is 0 Å². The second-order valence-electron chi connectivity index (χ2n) is 10.2. The number of ether oxygens (including phenoxy) is 2. The average Bonchev–Trinajstić information content (AvgIpc) is 3.45. The van der Waals surface area contributed by atoms with Gasteiger partial charge in [-0.15, -0.1) is 5.10 Å². The van der Waals surface area contributed by atoms with Crippen molar-refractivity contribution in [3.8, 4) is 5.75 Å². The third kappa shape index (κ3) is 6.87. The summed E-state index contributed by atoms with van der Waals surface area (Å²) in [6.07, 6.45) is 0. The number of hydrogen-bond donors (Lipinski definition) is 1. The van der Waals surface area contributed by atoms with Gasteiger partial charge >= 0.3 is 5.97 Å². The van der Waals surface area contributed by atoms with E-state index in [2.05, 4.69) is 10.3 Å². The van der Waals surface area contributed by atoms with E-state index in [-0.39, 0.29) is 29.6 Å². The molecule has 0 radical (unpaired) electrons. The molecule has 0 aliphatic carbocycles. The first-order valence-electron chi connectivity index (χ1n) is 14.0. The van der Waals surface area contributed by atoms with Crippen molar-refractivity contribution in [1.29, 1.82) is 0 Å². The Hall–Kier alpha value is -4.67. The Morgan fingerprint density at radius 3 is 2.42 bits per heavy atom. The summed E-state index contributed by atoms with van der Waals surface area (Å²) in [5, 5.41) is 8.59. The minimum atomic E-state index is -0.685. The lowest BCUT2D eigenvalue weighted by Crippen LogP contribution is -2.29. The summed E-state index contributed by atoms with van der Waals surface area (Å²) >= 11 is 7.44. The van der Waals surface area contributed by atoms with E-state index in [0.29, 0.717) is 39.4 Å². The third-order valence-corrected chi connectivity index (χ3v) is 8.46. The summed E-state index contributed by atoms with van der Waals surface area (Å²) in [6, 6.07) is 26.8. The fraction of sp³-hybridized carbons (Fsp3) is 0.147. The van der Waals surface area contributed by atoms with E-state index < -0.39 is 17.8 Å². The smallest absolute Gasteiger partial charge is 0.338 e. The van der Waals surface area contributed by atoms with E-state index in [4.69, 9.17) is 26.2 Å². The maximum Gasteiger partial charge on any atom is 0.338 e. The number of carbonyl (C=O) groups excluding carboxylic acids is 1. The summed E-state index contributed by atoms with van der Waals surface area (Å²) in [5.41, 5.74) is 3.30. The molecule has 45 heavy (non-hydrogen) atoms. The second kappa shape index (κ2) is 13.5. The Morgan fingerprint density at radius 1 is 0.933 bits per heavy atom. The van der Waals surface area contributed by atoms with Gasteiger partial charge in [-0.3, -0.25) is 0 Å². The number of carbonyl (C=O) groups is 1. The van der Waals surface area contributed by atoms with Gasteiger partial charge in [-0.25, -0.2) is 18.3 Å². The highest BCUT2D eigenvalue weighted by Gasteiger charge is 2.35. The van der Waals surface area contributed by atoms with Crippen molar-refractivity contribution in [3.63, 3.8) is 0 Å². The quantitative estimate of drug-likeness (QED) is 0.122. The number of fused-ring (bicyclic) bond motifs is 1. The number of benzene rings is 4. The Kier molecular flexibility index (Phi) is 9.13. The van der Waals surface area contributed by atoms with Crippen LogP contribution in [0.2, 0.25) is 5.02 Å². The van der Waals surface area contributed by atoms with Crippen molar-refractivity contribution in [2.45, 2.75) is 37.1 Å². The monoisotopic (exact) mass is 644 g/mol. The lowest BCUT2D eigenvalue weighted by atomic mass is 9.95. The van der Waals surface area contributed by atoms with Gasteiger partial charge in [0.05, 0.1) is 10.6 Å². The van der Waals surface area contributed by atoms with Gasteiger partial charge in [0.1, 0.15) is 36.6 Å². The zero-order chi connectivity index (χ0) is 31.3. The number of thioether (sulfide) groups is 1. The number of esters is 1. The maximum absolute atomic E-state index is 14.2. The number of nitrogens with zero attached hydrogens (tertiary/aromatic N) is 3. The van der Waals surface area contributed by atoms with Gasteiger partial charge in [-0.2, -0.15) is 4.98 Å². The molecule has 0 saturated carbocycles. The van der Waals surface area contributed by atoms with Crippen molar-refractivity contribution in [3.05, 3.63) is 147 Å². The second-order valence-corrected chi connectivity index (χ2v) is 11.6. The summed E-state index contributed by atoms with van der Waals surface area (Å²) in [5.74, 6) is -0.00774. The zero-order valence-electron chi connectivity index (χ0n) is 24.0. The number of aromatic nitrogens is 3. The molecule has 4 aromatic carbocycles. The Morgan fingerprint density at radius 2 is 1.67 bits per heavy atom. The Bertz CT molecular complexity index is 1850. The first-order valence-corrected chi connectivity index (χ1v) is 15.4. The van der Waals surface area contributed by atoms with Crippen LogP contribution in [0.5, 0.6) is 5.75 Å². The van der Waals surface area contributed by atoms with Crippen LogP contribution in [0.1, 0.15) is 35.2 Å². The third-order valence-electron chi connectivity index (χ3n) is 7.22. The van der Waals surface area contributed by atoms with Crippen LogP contribution >= 0.6 is 23.4 Å². The molecule has 0 spiro atoms. The van der Waals surface area contributed by atoms with Gasteiger partial charge in [0.25, 0.3) is 0 Å². The molecule has 11 heteroatoms. The van der Waals surface area contributed by atoms with E-state index >= 15 is 0 Å². The van der Waals surface area contributed by atoms with Crippen LogP contribution < -0.4 is 10.1 Å². The number of allylic oxidation sites excluding steroid dienone is 1. The summed E-state index contributed by atoms with van der Waals surface area (Å²) < 4.78 is 41.7. The van der Waals surface area contributed by atoms with Crippen molar-refractivity contribution < 1.29 is 23.0 Å². The molecule has 0 amide bonds. The summed E-state index contributed by atoms with van der Waals surface area (Å²) in [6.45, 7) is 1.83. The molecular formula is C34H27ClF2N4O3S. The normalized spacial score (nSPS) is 14.1. The average molecular weight is 645 g/mol. The molecule has 5 aromatic rings. The van der Waals surface area contributed by atoms with Crippen molar-refractivity contribution in [2.75, 3.05) is 5.32 Å². The Labute approximate surface area is 267 Å². The minimum Gasteiger partial charge on any atom is -0.489 e. The molecule has 1 aliphatic rings. The summed E-state index contributed by atoms with van der Waals surface area (Å²) in [7, 11) is 0. The minimum absolute atomic E-state index is 0.0515. The fourth-order valence-electron chi connectivity index (χ4n) is 4.90. The standard InChI is InChI=1S/C34H27ClF2N4O3S/c1-21-30(32(42)44-18-22-8-3-2-4-9-22)31(23-14-16-25(17-15-23)43-19-26-27(35)11-7-13-29(26)37)41-33(38-21)39-34(40-41)45-20-24-10-5-6-12-28(24)36/h2-17,31H,18-20H2,1H3,(H,38,39,40). The van der Waals surface area contributed by atoms with Crippen LogP contribution in [0.25, 0.3) is 0 Å². The van der Waals surface area contributed by atoms with E-state index in [0.717, 1.165) is 11.1 Å².